The molecule has 0 bridgehead atoms. The number of hydrogen-bond acceptors (Lipinski definition) is 3. The van der Waals surface area contributed by atoms with Gasteiger partial charge >= 0.3 is 0 Å². The van der Waals surface area contributed by atoms with E-state index in [0.29, 0.717) is 6.54 Å². The van der Waals surface area contributed by atoms with Gasteiger partial charge in [-0.2, -0.15) is 10.2 Å². The Balaban J connectivity index is 2.32. The van der Waals surface area contributed by atoms with Gasteiger partial charge in [0.2, 0.25) is 0 Å². The van der Waals surface area contributed by atoms with Crippen LogP contribution in [0.3, 0.4) is 0 Å². The Kier molecular flexibility index (Phi) is 2.55. The van der Waals surface area contributed by atoms with E-state index in [-0.39, 0.29) is 6.04 Å². The zero-order valence-electron chi connectivity index (χ0n) is 8.96. The summed E-state index contributed by atoms with van der Waals surface area (Å²) in [6.07, 6.45) is 7.62. The first-order valence-corrected chi connectivity index (χ1v) is 4.90. The third kappa shape index (κ3) is 1.92. The smallest absolute Gasteiger partial charge is 0.0920 e. The molecule has 0 aliphatic heterocycles. The van der Waals surface area contributed by atoms with E-state index in [2.05, 4.69) is 10.2 Å². The Morgan fingerprint density at radius 2 is 2.13 bits per heavy atom. The highest BCUT2D eigenvalue weighted by Gasteiger charge is 2.13. The minimum absolute atomic E-state index is 0.0763. The van der Waals surface area contributed by atoms with E-state index in [1.807, 2.05) is 43.4 Å². The number of nitrogens with two attached hydrogens (primary N) is 1. The van der Waals surface area contributed by atoms with Gasteiger partial charge in [0, 0.05) is 31.5 Å². The van der Waals surface area contributed by atoms with Gasteiger partial charge in [-0.3, -0.25) is 9.36 Å². The SMILES string of the molecule is Cc1cnn(C(CN)c2cnn(C)c2)c1. The molecule has 2 rings (SSSR count). The van der Waals surface area contributed by atoms with Gasteiger partial charge in [0.1, 0.15) is 0 Å². The van der Waals surface area contributed by atoms with E-state index in [9.17, 15) is 0 Å². The number of aromatic nitrogens is 4. The van der Waals surface area contributed by atoms with Crippen molar-refractivity contribution in [1.29, 1.82) is 0 Å². The van der Waals surface area contributed by atoms with Crippen LogP contribution in [-0.2, 0) is 7.05 Å². The van der Waals surface area contributed by atoms with Crippen LogP contribution in [0, 0.1) is 6.92 Å². The summed E-state index contributed by atoms with van der Waals surface area (Å²) in [5.74, 6) is 0. The summed E-state index contributed by atoms with van der Waals surface area (Å²) in [6.45, 7) is 2.53. The van der Waals surface area contributed by atoms with Gasteiger partial charge in [-0.05, 0) is 12.5 Å². The van der Waals surface area contributed by atoms with Crippen molar-refractivity contribution in [3.63, 3.8) is 0 Å². The molecule has 2 N–H and O–H groups in total. The molecule has 5 nitrogen and oxygen atoms in total. The summed E-state index contributed by atoms with van der Waals surface area (Å²) in [7, 11) is 1.89. The maximum Gasteiger partial charge on any atom is 0.0920 e. The molecule has 0 amide bonds. The maximum absolute atomic E-state index is 5.76. The van der Waals surface area contributed by atoms with Crippen molar-refractivity contribution in [2.45, 2.75) is 13.0 Å². The highest BCUT2D eigenvalue weighted by molar-refractivity contribution is 5.13. The summed E-state index contributed by atoms with van der Waals surface area (Å²) in [5, 5.41) is 8.41. The normalized spacial score (nSPS) is 13.0. The lowest BCUT2D eigenvalue weighted by molar-refractivity contribution is 0.531. The molecule has 1 atom stereocenters. The Morgan fingerprint density at radius 3 is 2.60 bits per heavy atom. The maximum atomic E-state index is 5.76. The molecule has 0 radical (unpaired) electrons. The van der Waals surface area contributed by atoms with Crippen LogP contribution in [0.5, 0.6) is 0 Å². The van der Waals surface area contributed by atoms with Crippen LogP contribution in [-0.4, -0.2) is 26.1 Å². The standard InChI is InChI=1S/C10H15N5/c1-8-4-13-15(6-8)10(3-11)9-5-12-14(2)7-9/h4-7,10H,3,11H2,1-2H3. The van der Waals surface area contributed by atoms with E-state index >= 15 is 0 Å². The summed E-state index contributed by atoms with van der Waals surface area (Å²) >= 11 is 0. The molecule has 15 heavy (non-hydrogen) atoms. The second kappa shape index (κ2) is 3.86. The minimum atomic E-state index is 0.0763. The molecule has 80 valence electrons. The Labute approximate surface area is 88.5 Å². The Morgan fingerprint density at radius 1 is 1.33 bits per heavy atom. The Bertz CT molecular complexity index is 402. The summed E-state index contributed by atoms with van der Waals surface area (Å²) < 4.78 is 3.65. The van der Waals surface area contributed by atoms with Gasteiger partial charge in [0.15, 0.2) is 0 Å². The molecule has 0 saturated heterocycles. The molecule has 2 aromatic rings. The molecule has 5 heteroatoms. The number of aryl methyl sites for hydroxylation is 2. The molecular weight excluding hydrogens is 190 g/mol. The van der Waals surface area contributed by atoms with E-state index < -0.39 is 0 Å². The van der Waals surface area contributed by atoms with Crippen LogP contribution in [0.1, 0.15) is 17.2 Å². The first kappa shape index (κ1) is 9.92. The summed E-state index contributed by atoms with van der Waals surface area (Å²) in [6, 6.07) is 0.0763. The van der Waals surface area contributed by atoms with Crippen molar-refractivity contribution in [2.24, 2.45) is 12.8 Å². The predicted octanol–water partition coefficient (Wildman–Crippen LogP) is 0.473. The molecule has 0 saturated carbocycles. The van der Waals surface area contributed by atoms with Crippen molar-refractivity contribution >= 4 is 0 Å². The summed E-state index contributed by atoms with van der Waals surface area (Å²) in [4.78, 5) is 0. The topological polar surface area (TPSA) is 61.7 Å². The fraction of sp³-hybridized carbons (Fsp3) is 0.400. The van der Waals surface area contributed by atoms with Crippen molar-refractivity contribution in [3.05, 3.63) is 35.9 Å². The molecule has 0 aliphatic carbocycles. The third-order valence-corrected chi connectivity index (χ3v) is 2.38. The van der Waals surface area contributed by atoms with Crippen molar-refractivity contribution in [1.82, 2.24) is 19.6 Å². The lowest BCUT2D eigenvalue weighted by Crippen LogP contribution is -2.20. The number of hydrogen-bond donors (Lipinski definition) is 1. The highest BCUT2D eigenvalue weighted by Crippen LogP contribution is 2.15. The lowest BCUT2D eigenvalue weighted by Gasteiger charge is -2.13. The molecule has 2 aromatic heterocycles. The van der Waals surface area contributed by atoms with Gasteiger partial charge in [-0.15, -0.1) is 0 Å². The van der Waals surface area contributed by atoms with Crippen LogP contribution in [0.4, 0.5) is 0 Å². The zero-order chi connectivity index (χ0) is 10.8. The highest BCUT2D eigenvalue weighted by atomic mass is 15.3. The lowest BCUT2D eigenvalue weighted by atomic mass is 10.1. The first-order chi connectivity index (χ1) is 7.20. The monoisotopic (exact) mass is 205 g/mol. The first-order valence-electron chi connectivity index (χ1n) is 4.90. The van der Waals surface area contributed by atoms with E-state index in [1.54, 1.807) is 4.68 Å². The fourth-order valence-corrected chi connectivity index (χ4v) is 1.61. The minimum Gasteiger partial charge on any atom is -0.328 e. The third-order valence-electron chi connectivity index (χ3n) is 2.38. The van der Waals surface area contributed by atoms with Crippen molar-refractivity contribution in [3.8, 4) is 0 Å². The van der Waals surface area contributed by atoms with E-state index in [1.165, 1.54) is 0 Å². The van der Waals surface area contributed by atoms with Crippen LogP contribution in [0.25, 0.3) is 0 Å². The quantitative estimate of drug-likeness (QED) is 0.792. The van der Waals surface area contributed by atoms with E-state index in [0.717, 1.165) is 11.1 Å². The fourth-order valence-electron chi connectivity index (χ4n) is 1.61. The van der Waals surface area contributed by atoms with Crippen LogP contribution < -0.4 is 5.73 Å². The van der Waals surface area contributed by atoms with Gasteiger partial charge in [-0.1, -0.05) is 0 Å². The molecule has 0 fully saturated rings. The van der Waals surface area contributed by atoms with E-state index in [4.69, 9.17) is 5.73 Å². The molecule has 0 spiro atoms. The molecule has 0 aliphatic rings. The average molecular weight is 205 g/mol. The van der Waals surface area contributed by atoms with Crippen LogP contribution >= 0.6 is 0 Å². The predicted molar refractivity (Wildman–Crippen MR) is 57.4 cm³/mol. The van der Waals surface area contributed by atoms with Crippen molar-refractivity contribution in [2.75, 3.05) is 6.54 Å². The Hall–Kier alpha value is -1.62. The second-order valence-corrected chi connectivity index (χ2v) is 3.70. The van der Waals surface area contributed by atoms with Crippen molar-refractivity contribution < 1.29 is 0 Å². The van der Waals surface area contributed by atoms with Crippen LogP contribution in [0.2, 0.25) is 0 Å². The number of nitrogens with zero attached hydrogens (tertiary/aromatic N) is 4. The number of rotatable bonds is 3. The summed E-state index contributed by atoms with van der Waals surface area (Å²) in [5.41, 5.74) is 7.98. The van der Waals surface area contributed by atoms with Gasteiger partial charge < -0.3 is 5.73 Å². The van der Waals surface area contributed by atoms with Crippen LogP contribution in [0.15, 0.2) is 24.8 Å². The molecule has 2 heterocycles. The second-order valence-electron chi connectivity index (χ2n) is 3.70. The largest absolute Gasteiger partial charge is 0.328 e. The molecule has 1 unspecified atom stereocenters. The van der Waals surface area contributed by atoms with Gasteiger partial charge in [-0.25, -0.2) is 0 Å². The zero-order valence-corrected chi connectivity index (χ0v) is 8.96. The van der Waals surface area contributed by atoms with Gasteiger partial charge in [0.25, 0.3) is 0 Å². The molecule has 0 aromatic carbocycles. The van der Waals surface area contributed by atoms with Gasteiger partial charge in [0.05, 0.1) is 18.4 Å². The molecular formula is C10H15N5. The average Bonchev–Trinajstić information content (AvgIpc) is 2.78.